The predicted octanol–water partition coefficient (Wildman–Crippen LogP) is 3.92. The molecular weight excluding hydrogens is 232 g/mol. The lowest BCUT2D eigenvalue weighted by atomic mass is 10.2. The summed E-state index contributed by atoms with van der Waals surface area (Å²) in [5.41, 5.74) is 0.899. The van der Waals surface area contributed by atoms with E-state index < -0.39 is 0 Å². The van der Waals surface area contributed by atoms with E-state index >= 15 is 0 Å². The molecule has 0 bridgehead atoms. The molecule has 0 atom stereocenters. The molecule has 0 N–H and O–H groups in total. The average molecular weight is 236 g/mol. The van der Waals surface area contributed by atoms with Crippen LogP contribution in [-0.4, -0.2) is 6.08 Å². The number of isocyanates is 1. The summed E-state index contributed by atoms with van der Waals surface area (Å²) in [5, 5.41) is 0.943. The molecule has 0 saturated carbocycles. The molecule has 0 saturated heterocycles. The lowest BCUT2D eigenvalue weighted by Crippen LogP contribution is -1.80. The first-order valence-electron chi connectivity index (χ1n) is 3.30. The van der Waals surface area contributed by atoms with Gasteiger partial charge in [-0.1, -0.05) is 34.8 Å². The Bertz CT molecular complexity index is 397. The second-order valence-corrected chi connectivity index (χ2v) is 3.50. The van der Waals surface area contributed by atoms with Crippen LogP contribution in [0.2, 0.25) is 15.1 Å². The summed E-state index contributed by atoms with van der Waals surface area (Å²) in [6.07, 6.45) is 1.37. The molecule has 0 radical (unpaired) electrons. The molecule has 13 heavy (non-hydrogen) atoms. The van der Waals surface area contributed by atoms with Crippen molar-refractivity contribution in [3.05, 3.63) is 26.7 Å². The van der Waals surface area contributed by atoms with Gasteiger partial charge in [-0.2, -0.15) is 4.99 Å². The number of hydrogen-bond donors (Lipinski definition) is 0. The van der Waals surface area contributed by atoms with E-state index in [-0.39, 0.29) is 10.7 Å². The van der Waals surface area contributed by atoms with Gasteiger partial charge in [-0.25, -0.2) is 4.79 Å². The fourth-order valence-electron chi connectivity index (χ4n) is 0.804. The molecule has 1 rings (SSSR count). The normalized spacial score (nSPS) is 9.54. The monoisotopic (exact) mass is 235 g/mol. The lowest BCUT2D eigenvalue weighted by molar-refractivity contribution is 0.565. The highest BCUT2D eigenvalue weighted by Crippen LogP contribution is 2.38. The molecule has 1 aromatic carbocycles. The number of carbonyl (C=O) groups excluding carboxylic acids is 1. The van der Waals surface area contributed by atoms with Crippen LogP contribution in [-0.2, 0) is 4.79 Å². The average Bonchev–Trinajstić information content (AvgIpc) is 2.11. The maximum absolute atomic E-state index is 10.00. The van der Waals surface area contributed by atoms with Gasteiger partial charge in [-0.15, -0.1) is 0 Å². The van der Waals surface area contributed by atoms with Crippen LogP contribution in [0.25, 0.3) is 0 Å². The number of halogens is 3. The summed E-state index contributed by atoms with van der Waals surface area (Å²) in [4.78, 5) is 13.4. The van der Waals surface area contributed by atoms with Gasteiger partial charge in [0.05, 0.1) is 15.7 Å². The summed E-state index contributed by atoms with van der Waals surface area (Å²) >= 11 is 17.4. The highest BCUT2D eigenvalue weighted by molar-refractivity contribution is 6.45. The zero-order valence-electron chi connectivity index (χ0n) is 6.57. The maximum Gasteiger partial charge on any atom is 0.240 e. The van der Waals surface area contributed by atoms with Crippen molar-refractivity contribution in [1.82, 2.24) is 0 Å². The molecule has 0 amide bonds. The minimum absolute atomic E-state index is 0.215. The van der Waals surface area contributed by atoms with E-state index in [1.165, 1.54) is 12.1 Å². The molecule has 0 aliphatic rings. The summed E-state index contributed by atoms with van der Waals surface area (Å²) in [5.74, 6) is 0. The SMILES string of the molecule is Cc1c(Cl)cc(N=C=O)c(Cl)c1Cl. The molecule has 0 aromatic heterocycles. The van der Waals surface area contributed by atoms with E-state index in [2.05, 4.69) is 4.99 Å². The van der Waals surface area contributed by atoms with Crippen molar-refractivity contribution in [2.24, 2.45) is 4.99 Å². The zero-order valence-corrected chi connectivity index (χ0v) is 8.83. The maximum atomic E-state index is 10.00. The molecule has 2 nitrogen and oxygen atoms in total. The van der Waals surface area contributed by atoms with E-state index in [0.29, 0.717) is 15.6 Å². The van der Waals surface area contributed by atoms with E-state index in [1.807, 2.05) is 0 Å². The minimum Gasteiger partial charge on any atom is -0.211 e. The summed E-state index contributed by atoms with van der Waals surface area (Å²) in [6, 6.07) is 1.47. The third-order valence-corrected chi connectivity index (χ3v) is 2.88. The first kappa shape index (κ1) is 10.6. The van der Waals surface area contributed by atoms with Gasteiger partial charge in [-0.05, 0) is 18.6 Å². The van der Waals surface area contributed by atoms with E-state index in [9.17, 15) is 4.79 Å². The van der Waals surface area contributed by atoms with Crippen molar-refractivity contribution < 1.29 is 4.79 Å². The van der Waals surface area contributed by atoms with Crippen molar-refractivity contribution >= 4 is 46.6 Å². The Morgan fingerprint density at radius 1 is 1.31 bits per heavy atom. The smallest absolute Gasteiger partial charge is 0.211 e. The fourth-order valence-corrected chi connectivity index (χ4v) is 1.49. The minimum atomic E-state index is 0.215. The molecule has 0 fully saturated rings. The van der Waals surface area contributed by atoms with E-state index in [1.54, 1.807) is 6.92 Å². The first-order chi connectivity index (χ1) is 6.07. The molecule has 0 aliphatic heterocycles. The van der Waals surface area contributed by atoms with Gasteiger partial charge in [0.25, 0.3) is 0 Å². The Morgan fingerprint density at radius 3 is 2.46 bits per heavy atom. The molecule has 68 valence electrons. The molecule has 5 heteroatoms. The molecule has 0 unspecified atom stereocenters. The van der Waals surface area contributed by atoms with Crippen LogP contribution in [0, 0.1) is 6.92 Å². The number of nitrogens with zero attached hydrogens (tertiary/aromatic N) is 1. The number of hydrogen-bond acceptors (Lipinski definition) is 2. The van der Waals surface area contributed by atoms with Crippen molar-refractivity contribution in [3.63, 3.8) is 0 Å². The topological polar surface area (TPSA) is 29.4 Å². The third-order valence-electron chi connectivity index (χ3n) is 1.53. The summed E-state index contributed by atoms with van der Waals surface area (Å²) < 4.78 is 0. The second-order valence-electron chi connectivity index (χ2n) is 2.33. The Hall–Kier alpha value is -0.530. The Morgan fingerprint density at radius 2 is 1.92 bits per heavy atom. The zero-order chi connectivity index (χ0) is 10.0. The fraction of sp³-hybridized carbons (Fsp3) is 0.125. The van der Waals surface area contributed by atoms with Gasteiger partial charge in [0.1, 0.15) is 0 Å². The second kappa shape index (κ2) is 4.12. The first-order valence-corrected chi connectivity index (χ1v) is 4.43. The predicted molar refractivity (Wildman–Crippen MR) is 54.0 cm³/mol. The van der Waals surface area contributed by atoms with Gasteiger partial charge >= 0.3 is 0 Å². The van der Waals surface area contributed by atoms with Crippen LogP contribution in [0.5, 0.6) is 0 Å². The van der Waals surface area contributed by atoms with Crippen molar-refractivity contribution in [2.45, 2.75) is 6.92 Å². The van der Waals surface area contributed by atoms with Gasteiger partial charge in [0.2, 0.25) is 6.08 Å². The van der Waals surface area contributed by atoms with Gasteiger partial charge in [0, 0.05) is 5.02 Å². The molecular formula is C8H4Cl3NO. The molecule has 0 aliphatic carbocycles. The van der Waals surface area contributed by atoms with Crippen molar-refractivity contribution in [2.75, 3.05) is 0 Å². The van der Waals surface area contributed by atoms with Gasteiger partial charge in [-0.3, -0.25) is 0 Å². The van der Waals surface area contributed by atoms with Crippen LogP contribution >= 0.6 is 34.8 Å². The van der Waals surface area contributed by atoms with Crippen molar-refractivity contribution in [3.8, 4) is 0 Å². The highest BCUT2D eigenvalue weighted by Gasteiger charge is 2.10. The lowest BCUT2D eigenvalue weighted by Gasteiger charge is -2.04. The van der Waals surface area contributed by atoms with Gasteiger partial charge < -0.3 is 0 Å². The number of aliphatic imine (C=N–C) groups is 1. The molecule has 1 aromatic rings. The van der Waals surface area contributed by atoms with Crippen molar-refractivity contribution in [1.29, 1.82) is 0 Å². The number of benzene rings is 1. The molecule has 0 spiro atoms. The Balaban J connectivity index is 3.49. The van der Waals surface area contributed by atoms with Crippen LogP contribution in [0.1, 0.15) is 5.56 Å². The van der Waals surface area contributed by atoms with Gasteiger partial charge in [0.15, 0.2) is 0 Å². The summed E-state index contributed by atoms with van der Waals surface area (Å²) in [6.45, 7) is 1.73. The van der Waals surface area contributed by atoms with E-state index in [0.717, 1.165) is 0 Å². The quantitative estimate of drug-likeness (QED) is 0.413. The van der Waals surface area contributed by atoms with Crippen LogP contribution in [0.3, 0.4) is 0 Å². The van der Waals surface area contributed by atoms with Crippen LogP contribution < -0.4 is 0 Å². The highest BCUT2D eigenvalue weighted by atomic mass is 35.5. The number of rotatable bonds is 1. The largest absolute Gasteiger partial charge is 0.240 e. The third kappa shape index (κ3) is 2.04. The standard InChI is InChI=1S/C8H4Cl3NO/c1-4-5(9)2-6(12-3-13)8(11)7(4)10/h2H,1H3. The van der Waals surface area contributed by atoms with Crippen LogP contribution in [0.15, 0.2) is 11.1 Å². The molecule has 0 heterocycles. The Kier molecular flexibility index (Phi) is 3.34. The summed E-state index contributed by atoms with van der Waals surface area (Å²) in [7, 11) is 0. The van der Waals surface area contributed by atoms with Crippen LogP contribution in [0.4, 0.5) is 5.69 Å². The van der Waals surface area contributed by atoms with E-state index in [4.69, 9.17) is 34.8 Å². The Labute approximate surface area is 90.1 Å².